The van der Waals surface area contributed by atoms with Gasteiger partial charge in [-0.25, -0.2) is 8.42 Å². The lowest BCUT2D eigenvalue weighted by molar-refractivity contribution is -0.121. The van der Waals surface area contributed by atoms with Crippen molar-refractivity contribution < 1.29 is 13.2 Å². The van der Waals surface area contributed by atoms with Crippen LogP contribution in [0, 0.1) is 13.8 Å². The summed E-state index contributed by atoms with van der Waals surface area (Å²) in [5, 5.41) is 2.85. The number of nitrogens with one attached hydrogen (secondary N) is 1. The molecule has 0 saturated carbocycles. The number of sulfone groups is 1. The normalized spacial score (nSPS) is 12.6. The molecule has 0 heterocycles. The van der Waals surface area contributed by atoms with Crippen molar-refractivity contribution in [1.82, 2.24) is 5.32 Å². The molecule has 0 aliphatic carbocycles. The van der Waals surface area contributed by atoms with E-state index in [1.807, 2.05) is 69.3 Å². The van der Waals surface area contributed by atoms with Crippen LogP contribution in [0.2, 0.25) is 0 Å². The van der Waals surface area contributed by atoms with E-state index in [0.717, 1.165) is 22.3 Å². The third-order valence-electron chi connectivity index (χ3n) is 3.99. The maximum Gasteiger partial charge on any atom is 0.221 e. The van der Waals surface area contributed by atoms with Crippen molar-refractivity contribution in [1.29, 1.82) is 0 Å². The Morgan fingerprint density at radius 1 is 1.04 bits per heavy atom. The second-order valence-corrected chi connectivity index (χ2v) is 8.72. The zero-order chi connectivity index (χ0) is 18.4. The summed E-state index contributed by atoms with van der Waals surface area (Å²) >= 11 is 0. The predicted octanol–water partition coefficient (Wildman–Crippen LogP) is 3.49. The lowest BCUT2D eigenvalue weighted by atomic mass is 10.1. The lowest BCUT2D eigenvalue weighted by Gasteiger charge is -2.14. The molecule has 0 bridgehead atoms. The van der Waals surface area contributed by atoms with E-state index in [9.17, 15) is 13.2 Å². The van der Waals surface area contributed by atoms with Gasteiger partial charge in [0.15, 0.2) is 9.84 Å². The first-order chi connectivity index (χ1) is 11.7. The van der Waals surface area contributed by atoms with Gasteiger partial charge in [0, 0.05) is 6.42 Å². The van der Waals surface area contributed by atoms with Gasteiger partial charge < -0.3 is 5.32 Å². The van der Waals surface area contributed by atoms with Crippen LogP contribution < -0.4 is 5.32 Å². The van der Waals surface area contributed by atoms with E-state index in [1.54, 1.807) is 0 Å². The average molecular weight is 359 g/mol. The van der Waals surface area contributed by atoms with Gasteiger partial charge in [-0.2, -0.15) is 0 Å². The summed E-state index contributed by atoms with van der Waals surface area (Å²) in [6.07, 6.45) is -0.0235. The zero-order valence-corrected chi connectivity index (χ0v) is 15.8. The minimum Gasteiger partial charge on any atom is -0.350 e. The molecule has 2 aromatic carbocycles. The molecule has 2 rings (SSSR count). The lowest BCUT2D eigenvalue weighted by Crippen LogP contribution is -2.28. The number of aryl methyl sites for hydroxylation is 2. The van der Waals surface area contributed by atoms with E-state index < -0.39 is 9.84 Å². The van der Waals surface area contributed by atoms with E-state index in [4.69, 9.17) is 0 Å². The monoisotopic (exact) mass is 359 g/mol. The van der Waals surface area contributed by atoms with Gasteiger partial charge in [-0.3, -0.25) is 4.79 Å². The molecule has 0 spiro atoms. The van der Waals surface area contributed by atoms with Gasteiger partial charge in [0.2, 0.25) is 5.91 Å². The first-order valence-corrected chi connectivity index (χ1v) is 10.2. The quantitative estimate of drug-likeness (QED) is 0.823. The summed E-state index contributed by atoms with van der Waals surface area (Å²) in [5.41, 5.74) is 3.85. The van der Waals surface area contributed by atoms with E-state index in [1.165, 1.54) is 0 Å². The Morgan fingerprint density at radius 2 is 1.64 bits per heavy atom. The van der Waals surface area contributed by atoms with Crippen LogP contribution >= 0.6 is 0 Å². The third kappa shape index (κ3) is 6.35. The maximum atomic E-state index is 12.3. The van der Waals surface area contributed by atoms with Crippen molar-refractivity contribution >= 4 is 15.7 Å². The number of hydrogen-bond donors (Lipinski definition) is 1. The molecule has 1 atom stereocenters. The fraction of sp³-hybridized carbons (Fsp3) is 0.350. The van der Waals surface area contributed by atoms with Gasteiger partial charge in [0.1, 0.15) is 0 Å². The highest BCUT2D eigenvalue weighted by Gasteiger charge is 2.16. The molecule has 0 aliphatic heterocycles. The topological polar surface area (TPSA) is 63.2 Å². The molecule has 5 heteroatoms. The molecule has 0 fully saturated rings. The molecule has 2 aromatic rings. The standard InChI is InChI=1S/C20H25NO3S/c1-15-11-16(2)13-18(12-15)14-25(23,24)10-9-20(22)21-17(3)19-7-5-4-6-8-19/h4-8,11-13,17H,9-10,14H2,1-3H3,(H,21,22). The van der Waals surface area contributed by atoms with Gasteiger partial charge in [0.25, 0.3) is 0 Å². The van der Waals surface area contributed by atoms with Gasteiger partial charge >= 0.3 is 0 Å². The molecule has 0 aliphatic rings. The average Bonchev–Trinajstić information content (AvgIpc) is 2.52. The van der Waals surface area contributed by atoms with Crippen LogP contribution in [0.1, 0.15) is 41.6 Å². The first-order valence-electron chi connectivity index (χ1n) is 8.37. The van der Waals surface area contributed by atoms with Crippen molar-refractivity contribution in [3.63, 3.8) is 0 Å². The molecule has 1 N–H and O–H groups in total. The van der Waals surface area contributed by atoms with E-state index in [0.29, 0.717) is 0 Å². The Morgan fingerprint density at radius 3 is 2.24 bits per heavy atom. The van der Waals surface area contributed by atoms with Gasteiger partial charge in [-0.05, 0) is 31.9 Å². The van der Waals surface area contributed by atoms with Crippen LogP contribution in [0.15, 0.2) is 48.5 Å². The van der Waals surface area contributed by atoms with Crippen LogP contribution in [0.25, 0.3) is 0 Å². The van der Waals surface area contributed by atoms with Crippen molar-refractivity contribution in [2.24, 2.45) is 0 Å². The van der Waals surface area contributed by atoms with Crippen molar-refractivity contribution in [3.8, 4) is 0 Å². The molecule has 0 aromatic heterocycles. The second-order valence-electron chi connectivity index (χ2n) is 6.54. The fourth-order valence-electron chi connectivity index (χ4n) is 2.87. The second kappa shape index (κ2) is 8.30. The van der Waals surface area contributed by atoms with Crippen LogP contribution in [0.3, 0.4) is 0 Å². The Hall–Kier alpha value is -2.14. The smallest absolute Gasteiger partial charge is 0.221 e. The Balaban J connectivity index is 1.89. The molecule has 134 valence electrons. The van der Waals surface area contributed by atoms with Gasteiger partial charge in [-0.1, -0.05) is 59.7 Å². The predicted molar refractivity (Wildman–Crippen MR) is 101 cm³/mol. The molecule has 0 saturated heterocycles. The summed E-state index contributed by atoms with van der Waals surface area (Å²) in [6, 6.07) is 15.2. The molecule has 25 heavy (non-hydrogen) atoms. The molecule has 1 amide bonds. The summed E-state index contributed by atoms with van der Waals surface area (Å²) in [5.74, 6) is -0.426. The van der Waals surface area contributed by atoms with Gasteiger partial charge in [-0.15, -0.1) is 0 Å². The third-order valence-corrected chi connectivity index (χ3v) is 5.58. The Kier molecular flexibility index (Phi) is 6.37. The highest BCUT2D eigenvalue weighted by Crippen LogP contribution is 2.14. The molecular formula is C20H25NO3S. The summed E-state index contributed by atoms with van der Waals surface area (Å²) in [7, 11) is -3.32. The van der Waals surface area contributed by atoms with E-state index >= 15 is 0 Å². The number of carbonyl (C=O) groups is 1. The van der Waals surface area contributed by atoms with E-state index in [2.05, 4.69) is 5.32 Å². The number of rotatable bonds is 7. The minimum atomic E-state index is -3.32. The largest absolute Gasteiger partial charge is 0.350 e. The van der Waals surface area contributed by atoms with Crippen molar-refractivity contribution in [2.45, 2.75) is 39.0 Å². The summed E-state index contributed by atoms with van der Waals surface area (Å²) in [6.45, 7) is 5.78. The number of hydrogen-bond acceptors (Lipinski definition) is 3. The van der Waals surface area contributed by atoms with Crippen molar-refractivity contribution in [3.05, 3.63) is 70.8 Å². The highest BCUT2D eigenvalue weighted by atomic mass is 32.2. The summed E-state index contributed by atoms with van der Waals surface area (Å²) < 4.78 is 24.6. The number of amides is 1. The Bertz CT molecular complexity index is 809. The molecular weight excluding hydrogens is 334 g/mol. The fourth-order valence-corrected chi connectivity index (χ4v) is 4.18. The van der Waals surface area contributed by atoms with Crippen LogP contribution in [-0.4, -0.2) is 20.1 Å². The van der Waals surface area contributed by atoms with Gasteiger partial charge in [0.05, 0.1) is 17.5 Å². The van der Waals surface area contributed by atoms with Crippen LogP contribution in [0.4, 0.5) is 0 Å². The SMILES string of the molecule is Cc1cc(C)cc(CS(=O)(=O)CCC(=O)NC(C)c2ccccc2)c1. The zero-order valence-electron chi connectivity index (χ0n) is 15.0. The number of carbonyl (C=O) groups excluding carboxylic acids is 1. The minimum absolute atomic E-state index is 0.0235. The van der Waals surface area contributed by atoms with Crippen LogP contribution in [-0.2, 0) is 20.4 Å². The van der Waals surface area contributed by atoms with E-state index in [-0.39, 0.29) is 29.9 Å². The molecule has 4 nitrogen and oxygen atoms in total. The Labute approximate surface area is 150 Å². The van der Waals surface area contributed by atoms with Crippen LogP contribution in [0.5, 0.6) is 0 Å². The highest BCUT2D eigenvalue weighted by molar-refractivity contribution is 7.90. The number of benzene rings is 2. The first kappa shape index (κ1) is 19.2. The van der Waals surface area contributed by atoms with Crippen molar-refractivity contribution in [2.75, 3.05) is 5.75 Å². The molecule has 0 radical (unpaired) electrons. The molecule has 1 unspecified atom stereocenters. The summed E-state index contributed by atoms with van der Waals surface area (Å²) in [4.78, 5) is 12.1. The maximum absolute atomic E-state index is 12.3.